The molecule has 0 bridgehead atoms. The number of benzene rings is 1. The van der Waals surface area contributed by atoms with Crippen LogP contribution >= 0.6 is 11.6 Å². The standard InChI is InChI=1S/C8H7ClFNO2/c9-6-3-5(10)1-4(8(6)11)2-7(12)13/h1,3H,2,11H2,(H,12,13). The van der Waals surface area contributed by atoms with Crippen molar-refractivity contribution in [2.75, 3.05) is 5.73 Å². The fraction of sp³-hybridized carbons (Fsp3) is 0.125. The summed E-state index contributed by atoms with van der Waals surface area (Å²) in [6.07, 6.45) is -0.330. The van der Waals surface area contributed by atoms with E-state index in [0.717, 1.165) is 12.1 Å². The van der Waals surface area contributed by atoms with E-state index in [1.165, 1.54) is 0 Å². The number of nitrogen functional groups attached to an aromatic ring is 1. The first-order chi connectivity index (χ1) is 6.00. The summed E-state index contributed by atoms with van der Waals surface area (Å²) in [5.41, 5.74) is 5.75. The zero-order valence-electron chi connectivity index (χ0n) is 6.55. The summed E-state index contributed by atoms with van der Waals surface area (Å²) >= 11 is 5.54. The van der Waals surface area contributed by atoms with Crippen molar-refractivity contribution < 1.29 is 14.3 Å². The molecule has 0 atom stereocenters. The van der Waals surface area contributed by atoms with Crippen molar-refractivity contribution in [2.45, 2.75) is 6.42 Å². The summed E-state index contributed by atoms with van der Waals surface area (Å²) in [7, 11) is 0. The minimum absolute atomic E-state index is 0.0382. The highest BCUT2D eigenvalue weighted by Crippen LogP contribution is 2.24. The van der Waals surface area contributed by atoms with Gasteiger partial charge in [0.2, 0.25) is 0 Å². The van der Waals surface area contributed by atoms with Crippen LogP contribution in [0.2, 0.25) is 5.02 Å². The summed E-state index contributed by atoms with van der Waals surface area (Å²) in [6, 6.07) is 2.11. The number of carboxylic acids is 1. The van der Waals surface area contributed by atoms with Gasteiger partial charge in [-0.2, -0.15) is 0 Å². The molecule has 1 rings (SSSR count). The highest BCUT2D eigenvalue weighted by atomic mass is 35.5. The Morgan fingerprint density at radius 1 is 1.62 bits per heavy atom. The van der Waals surface area contributed by atoms with Crippen molar-refractivity contribution >= 4 is 23.3 Å². The Balaban J connectivity index is 3.12. The van der Waals surface area contributed by atoms with Gasteiger partial charge in [0.15, 0.2) is 0 Å². The fourth-order valence-electron chi connectivity index (χ4n) is 0.947. The summed E-state index contributed by atoms with van der Waals surface area (Å²) in [5, 5.41) is 8.49. The average Bonchev–Trinajstić information content (AvgIpc) is 1.98. The number of aliphatic carboxylic acids is 1. The number of anilines is 1. The highest BCUT2D eigenvalue weighted by molar-refractivity contribution is 6.33. The topological polar surface area (TPSA) is 63.3 Å². The summed E-state index contributed by atoms with van der Waals surface area (Å²) < 4.78 is 12.7. The predicted molar refractivity (Wildman–Crippen MR) is 47.2 cm³/mol. The Kier molecular flexibility index (Phi) is 2.72. The Morgan fingerprint density at radius 2 is 2.23 bits per heavy atom. The molecule has 13 heavy (non-hydrogen) atoms. The van der Waals surface area contributed by atoms with Gasteiger partial charge in [0.1, 0.15) is 5.82 Å². The van der Waals surface area contributed by atoms with Crippen LogP contribution < -0.4 is 5.73 Å². The molecule has 3 N–H and O–H groups in total. The quantitative estimate of drug-likeness (QED) is 0.719. The molecule has 0 radical (unpaired) electrons. The summed E-state index contributed by atoms with van der Waals surface area (Å²) in [6.45, 7) is 0. The summed E-state index contributed by atoms with van der Waals surface area (Å²) in [4.78, 5) is 10.3. The van der Waals surface area contributed by atoms with Crippen molar-refractivity contribution in [3.8, 4) is 0 Å². The third kappa shape index (κ3) is 2.32. The van der Waals surface area contributed by atoms with Crippen LogP contribution in [0.3, 0.4) is 0 Å². The van der Waals surface area contributed by atoms with Gasteiger partial charge >= 0.3 is 5.97 Å². The van der Waals surface area contributed by atoms with Gasteiger partial charge in [-0.15, -0.1) is 0 Å². The molecule has 0 unspecified atom stereocenters. The van der Waals surface area contributed by atoms with E-state index in [-0.39, 0.29) is 22.7 Å². The number of rotatable bonds is 2. The van der Waals surface area contributed by atoms with Crippen LogP contribution in [0.25, 0.3) is 0 Å². The van der Waals surface area contributed by atoms with Gasteiger partial charge in [0, 0.05) is 0 Å². The van der Waals surface area contributed by atoms with E-state index >= 15 is 0 Å². The van der Waals surface area contributed by atoms with Gasteiger partial charge < -0.3 is 10.8 Å². The first-order valence-electron chi connectivity index (χ1n) is 3.46. The van der Waals surface area contributed by atoms with Gasteiger partial charge in [-0.3, -0.25) is 4.79 Å². The molecule has 0 aliphatic carbocycles. The maximum Gasteiger partial charge on any atom is 0.307 e. The molecular formula is C8H7ClFNO2. The van der Waals surface area contributed by atoms with E-state index < -0.39 is 11.8 Å². The van der Waals surface area contributed by atoms with E-state index in [4.69, 9.17) is 22.4 Å². The Bertz CT molecular complexity index is 354. The van der Waals surface area contributed by atoms with E-state index in [9.17, 15) is 9.18 Å². The van der Waals surface area contributed by atoms with Crippen LogP contribution in [0, 0.1) is 5.82 Å². The molecule has 0 fully saturated rings. The Labute approximate surface area is 78.9 Å². The van der Waals surface area contributed by atoms with Gasteiger partial charge in [-0.1, -0.05) is 11.6 Å². The minimum Gasteiger partial charge on any atom is -0.481 e. The monoisotopic (exact) mass is 203 g/mol. The second-order valence-corrected chi connectivity index (χ2v) is 2.94. The molecule has 0 aliphatic rings. The van der Waals surface area contributed by atoms with Gasteiger partial charge in [-0.05, 0) is 17.7 Å². The van der Waals surface area contributed by atoms with E-state index in [0.29, 0.717) is 0 Å². The van der Waals surface area contributed by atoms with Crippen molar-refractivity contribution in [3.05, 3.63) is 28.5 Å². The number of hydrogen-bond acceptors (Lipinski definition) is 2. The maximum absolute atomic E-state index is 12.7. The third-order valence-electron chi connectivity index (χ3n) is 1.52. The molecule has 0 saturated carbocycles. The van der Waals surface area contributed by atoms with Crippen LogP contribution in [-0.2, 0) is 11.2 Å². The van der Waals surface area contributed by atoms with Crippen molar-refractivity contribution in [1.82, 2.24) is 0 Å². The molecule has 0 aromatic heterocycles. The molecule has 0 heterocycles. The molecule has 0 spiro atoms. The third-order valence-corrected chi connectivity index (χ3v) is 1.83. The van der Waals surface area contributed by atoms with E-state index in [2.05, 4.69) is 0 Å². The van der Waals surface area contributed by atoms with Gasteiger partial charge in [-0.25, -0.2) is 4.39 Å². The number of halogens is 2. The highest BCUT2D eigenvalue weighted by Gasteiger charge is 2.09. The van der Waals surface area contributed by atoms with Gasteiger partial charge in [0.25, 0.3) is 0 Å². The average molecular weight is 204 g/mol. The SMILES string of the molecule is Nc1c(Cl)cc(F)cc1CC(=O)O. The van der Waals surface area contributed by atoms with Crippen molar-refractivity contribution in [2.24, 2.45) is 0 Å². The minimum atomic E-state index is -1.08. The van der Waals surface area contributed by atoms with Crippen LogP contribution in [0.5, 0.6) is 0 Å². The van der Waals surface area contributed by atoms with Gasteiger partial charge in [0.05, 0.1) is 17.1 Å². The Morgan fingerprint density at radius 3 is 2.77 bits per heavy atom. The molecular weight excluding hydrogens is 197 g/mol. The van der Waals surface area contributed by atoms with Crippen molar-refractivity contribution in [3.63, 3.8) is 0 Å². The lowest BCUT2D eigenvalue weighted by Crippen LogP contribution is -2.04. The van der Waals surface area contributed by atoms with E-state index in [1.807, 2.05) is 0 Å². The molecule has 1 aromatic carbocycles. The zero-order chi connectivity index (χ0) is 10.0. The van der Waals surface area contributed by atoms with Crippen LogP contribution in [0.4, 0.5) is 10.1 Å². The maximum atomic E-state index is 12.7. The molecule has 0 aliphatic heterocycles. The number of carbonyl (C=O) groups is 1. The predicted octanol–water partition coefficient (Wildman–Crippen LogP) is 1.69. The first kappa shape index (κ1) is 9.80. The fourth-order valence-corrected chi connectivity index (χ4v) is 1.17. The first-order valence-corrected chi connectivity index (χ1v) is 3.83. The van der Waals surface area contributed by atoms with E-state index in [1.54, 1.807) is 0 Å². The smallest absolute Gasteiger partial charge is 0.307 e. The van der Waals surface area contributed by atoms with Crippen LogP contribution in [0.15, 0.2) is 12.1 Å². The molecule has 70 valence electrons. The molecule has 1 aromatic rings. The lowest BCUT2D eigenvalue weighted by molar-refractivity contribution is -0.136. The number of hydrogen-bond donors (Lipinski definition) is 2. The Hall–Kier alpha value is -1.29. The molecule has 5 heteroatoms. The molecule has 0 amide bonds. The molecule has 3 nitrogen and oxygen atoms in total. The van der Waals surface area contributed by atoms with Crippen LogP contribution in [-0.4, -0.2) is 11.1 Å². The largest absolute Gasteiger partial charge is 0.481 e. The second kappa shape index (κ2) is 3.62. The zero-order valence-corrected chi connectivity index (χ0v) is 7.31. The number of carboxylic acid groups (broad SMARTS) is 1. The van der Waals surface area contributed by atoms with Crippen LogP contribution in [0.1, 0.15) is 5.56 Å². The lowest BCUT2D eigenvalue weighted by Gasteiger charge is -2.04. The lowest BCUT2D eigenvalue weighted by atomic mass is 10.1. The summed E-state index contributed by atoms with van der Waals surface area (Å²) in [5.74, 6) is -1.66. The van der Waals surface area contributed by atoms with Crippen molar-refractivity contribution in [1.29, 1.82) is 0 Å². The molecule has 0 saturated heterocycles. The normalized spacial score (nSPS) is 10.0. The second-order valence-electron chi connectivity index (χ2n) is 2.53. The number of nitrogens with two attached hydrogens (primary N) is 1.